The molecule has 21 nitrogen and oxygen atoms in total. The maximum atomic E-state index is 14.2. The van der Waals surface area contributed by atoms with Crippen molar-refractivity contribution in [2.24, 2.45) is 33.8 Å². The van der Waals surface area contributed by atoms with Crippen LogP contribution in [0.1, 0.15) is 63.5 Å². The van der Waals surface area contributed by atoms with E-state index >= 15 is 0 Å². The first-order valence-corrected chi connectivity index (χ1v) is 20.7. The van der Waals surface area contributed by atoms with Crippen molar-refractivity contribution >= 4 is 53.3 Å². The summed E-state index contributed by atoms with van der Waals surface area (Å²) < 4.78 is 0. The monoisotopic (exact) mass is 879 g/mol. The van der Waals surface area contributed by atoms with Gasteiger partial charge in [-0.05, 0) is 49.1 Å². The summed E-state index contributed by atoms with van der Waals surface area (Å²) >= 11 is 0. The fraction of sp³-hybridized carbons (Fsp3) is 0.500. The molecular weight excluding hydrogens is 819 g/mol. The summed E-state index contributed by atoms with van der Waals surface area (Å²) in [7, 11) is 0. The van der Waals surface area contributed by atoms with Crippen molar-refractivity contribution in [3.63, 3.8) is 0 Å². The number of guanidine groups is 1. The lowest BCUT2D eigenvalue weighted by molar-refractivity contribution is -0.146. The van der Waals surface area contributed by atoms with Gasteiger partial charge in [-0.15, -0.1) is 0 Å². The van der Waals surface area contributed by atoms with E-state index in [0.29, 0.717) is 12.0 Å². The minimum absolute atomic E-state index is 0.0298. The Morgan fingerprint density at radius 1 is 0.730 bits per heavy atom. The lowest BCUT2D eigenvalue weighted by Crippen LogP contribution is -2.60. The average molecular weight is 880 g/mol. The van der Waals surface area contributed by atoms with Crippen molar-refractivity contribution in [2.45, 2.75) is 108 Å². The molecule has 1 aliphatic heterocycles. The Labute approximate surface area is 365 Å². The second-order valence-corrected chi connectivity index (χ2v) is 15.7. The number of nitrogens with two attached hydrogens (primary N) is 4. The van der Waals surface area contributed by atoms with Gasteiger partial charge in [-0.2, -0.15) is 0 Å². The molecule has 7 atom stereocenters. The normalized spacial score (nSPS) is 16.3. The number of nitrogens with one attached hydrogen (secondary N) is 5. The van der Waals surface area contributed by atoms with Crippen LogP contribution in [-0.2, 0) is 51.2 Å². The standard InChI is InChI=1S/C42H61N11O10/c1-24(2)19-30(38(60)48-28(15-9-17-47-42(45)46)37(59)49-29(35(44)57)20-25-11-5-3-6-12-25)50-39(61)31(21-26-13-7-4-8-14-26)51-40(62)33-16-10-18-53(33)41(63)32(22-34(55)56)52-36(58)27(43)23-54/h3-8,11-14,24,27-33,54H,9-10,15-23,43H2,1-2H3,(H2,44,57)(H,48,60)(H,49,59)(H,50,61)(H,51,62)(H,52,58)(H,55,56)(H4,45,46,47)/t27-,28-,29-,30-,31-,32-,33-/m0/s1. The first-order chi connectivity index (χ1) is 29.9. The molecule has 0 spiro atoms. The number of primary amides is 1. The molecule has 3 rings (SSSR count). The fourth-order valence-corrected chi connectivity index (χ4v) is 6.93. The molecule has 2 aromatic rings. The number of hydrogen-bond acceptors (Lipinski definition) is 11. The fourth-order valence-electron chi connectivity index (χ4n) is 6.93. The molecule has 7 amide bonds. The zero-order chi connectivity index (χ0) is 46.6. The highest BCUT2D eigenvalue weighted by atomic mass is 16.4. The quantitative estimate of drug-likeness (QED) is 0.0275. The van der Waals surface area contributed by atoms with Gasteiger partial charge in [-0.1, -0.05) is 74.5 Å². The zero-order valence-corrected chi connectivity index (χ0v) is 35.5. The summed E-state index contributed by atoms with van der Waals surface area (Å²) in [4.78, 5) is 111. The highest BCUT2D eigenvalue weighted by Gasteiger charge is 2.40. The lowest BCUT2D eigenvalue weighted by Gasteiger charge is -2.30. The van der Waals surface area contributed by atoms with Crippen LogP contribution in [0, 0.1) is 5.92 Å². The van der Waals surface area contributed by atoms with Crippen molar-refractivity contribution in [1.29, 1.82) is 0 Å². The van der Waals surface area contributed by atoms with E-state index in [1.807, 2.05) is 13.8 Å². The summed E-state index contributed by atoms with van der Waals surface area (Å²) in [5.41, 5.74) is 23.5. The number of aliphatic carboxylic acids is 1. The van der Waals surface area contributed by atoms with E-state index in [2.05, 4.69) is 31.6 Å². The summed E-state index contributed by atoms with van der Waals surface area (Å²) in [5.74, 6) is -7.33. The molecule has 0 radical (unpaired) electrons. The number of rotatable bonds is 25. The maximum absolute atomic E-state index is 14.2. The third-order valence-electron chi connectivity index (χ3n) is 10.1. The number of likely N-dealkylation sites (tertiary alicyclic amines) is 1. The molecule has 1 fully saturated rings. The molecule has 1 heterocycles. The zero-order valence-electron chi connectivity index (χ0n) is 35.5. The third-order valence-corrected chi connectivity index (χ3v) is 10.1. The van der Waals surface area contributed by atoms with Gasteiger partial charge in [0.15, 0.2) is 5.96 Å². The Bertz CT molecular complexity index is 1910. The molecule has 0 unspecified atom stereocenters. The molecule has 344 valence electrons. The number of hydrogen-bond donors (Lipinski definition) is 11. The molecule has 0 bridgehead atoms. The van der Waals surface area contributed by atoms with Crippen molar-refractivity contribution in [3.05, 3.63) is 71.8 Å². The Kier molecular flexibility index (Phi) is 20.4. The molecule has 0 aliphatic carbocycles. The molecular formula is C42H61N11O10. The van der Waals surface area contributed by atoms with Crippen molar-refractivity contribution < 1.29 is 48.6 Å². The summed E-state index contributed by atoms with van der Waals surface area (Å²) in [6.45, 7) is 3.03. The van der Waals surface area contributed by atoms with Crippen LogP contribution in [0.4, 0.5) is 0 Å². The molecule has 15 N–H and O–H groups in total. The second-order valence-electron chi connectivity index (χ2n) is 15.7. The Hall–Kier alpha value is -6.61. The van der Waals surface area contributed by atoms with Crippen LogP contribution in [0.2, 0.25) is 0 Å². The van der Waals surface area contributed by atoms with Gasteiger partial charge in [0.2, 0.25) is 41.4 Å². The van der Waals surface area contributed by atoms with Crippen molar-refractivity contribution in [1.82, 2.24) is 31.5 Å². The van der Waals surface area contributed by atoms with Crippen LogP contribution >= 0.6 is 0 Å². The highest BCUT2D eigenvalue weighted by molar-refractivity contribution is 5.98. The van der Waals surface area contributed by atoms with Crippen LogP contribution in [-0.4, -0.2) is 130 Å². The number of carbonyl (C=O) groups excluding carboxylic acids is 7. The summed E-state index contributed by atoms with van der Waals surface area (Å²) in [6, 6.07) is 8.49. The summed E-state index contributed by atoms with van der Waals surface area (Å²) in [6.07, 6.45) is 0.0713. The molecule has 0 aromatic heterocycles. The van der Waals surface area contributed by atoms with Gasteiger partial charge in [0.25, 0.3) is 0 Å². The van der Waals surface area contributed by atoms with Gasteiger partial charge in [-0.3, -0.25) is 43.3 Å². The number of benzene rings is 2. The number of amides is 7. The maximum Gasteiger partial charge on any atom is 0.305 e. The molecule has 21 heteroatoms. The predicted molar refractivity (Wildman–Crippen MR) is 231 cm³/mol. The number of nitrogens with zero attached hydrogens (tertiary/aromatic N) is 2. The minimum Gasteiger partial charge on any atom is -0.481 e. The number of aliphatic hydroxyl groups excluding tert-OH is 1. The summed E-state index contributed by atoms with van der Waals surface area (Å²) in [5, 5.41) is 31.8. The van der Waals surface area contributed by atoms with Gasteiger partial charge in [0, 0.05) is 25.9 Å². The minimum atomic E-state index is -1.61. The van der Waals surface area contributed by atoms with E-state index in [-0.39, 0.29) is 63.5 Å². The first kappa shape index (κ1) is 50.7. The van der Waals surface area contributed by atoms with Gasteiger partial charge >= 0.3 is 5.97 Å². The Morgan fingerprint density at radius 2 is 1.25 bits per heavy atom. The number of aliphatic hydroxyl groups is 1. The van der Waals surface area contributed by atoms with E-state index in [0.717, 1.165) is 10.5 Å². The van der Waals surface area contributed by atoms with Gasteiger partial charge in [-0.25, -0.2) is 0 Å². The second kappa shape index (κ2) is 25.4. The van der Waals surface area contributed by atoms with Crippen molar-refractivity contribution in [3.8, 4) is 0 Å². The van der Waals surface area contributed by atoms with Gasteiger partial charge in [0.1, 0.15) is 42.3 Å². The molecule has 1 saturated heterocycles. The molecule has 63 heavy (non-hydrogen) atoms. The number of carboxylic acids is 1. The molecule has 1 aliphatic rings. The Morgan fingerprint density at radius 3 is 1.79 bits per heavy atom. The van der Waals surface area contributed by atoms with Crippen LogP contribution < -0.4 is 49.5 Å². The van der Waals surface area contributed by atoms with Crippen molar-refractivity contribution in [2.75, 3.05) is 19.7 Å². The lowest BCUT2D eigenvalue weighted by atomic mass is 10.00. The average Bonchev–Trinajstić information content (AvgIpc) is 3.74. The van der Waals surface area contributed by atoms with E-state index < -0.39 is 103 Å². The predicted octanol–water partition coefficient (Wildman–Crippen LogP) is -2.73. The van der Waals surface area contributed by atoms with E-state index in [1.165, 1.54) is 0 Å². The van der Waals surface area contributed by atoms with Gasteiger partial charge < -0.3 is 64.6 Å². The topological polar surface area (TPSA) is 357 Å². The number of carboxylic acid groups (broad SMARTS) is 1. The molecule has 2 aromatic carbocycles. The van der Waals surface area contributed by atoms with E-state index in [4.69, 9.17) is 22.9 Å². The number of carbonyl (C=O) groups is 8. The van der Waals surface area contributed by atoms with Crippen LogP contribution in [0.25, 0.3) is 0 Å². The van der Waals surface area contributed by atoms with E-state index in [9.17, 15) is 48.6 Å². The van der Waals surface area contributed by atoms with Crippen LogP contribution in [0.15, 0.2) is 65.7 Å². The molecule has 0 saturated carbocycles. The Balaban J connectivity index is 1.87. The third kappa shape index (κ3) is 17.0. The van der Waals surface area contributed by atoms with E-state index in [1.54, 1.807) is 60.7 Å². The largest absolute Gasteiger partial charge is 0.481 e. The van der Waals surface area contributed by atoms with Gasteiger partial charge in [0.05, 0.1) is 13.0 Å². The first-order valence-electron chi connectivity index (χ1n) is 20.7. The van der Waals surface area contributed by atoms with Crippen LogP contribution in [0.3, 0.4) is 0 Å². The highest BCUT2D eigenvalue weighted by Crippen LogP contribution is 2.20. The number of aliphatic imine (C=N–C) groups is 1. The SMILES string of the molecule is CC(C)C[C@H](NC(=O)[C@H](Cc1ccccc1)NC(=O)[C@@H]1CCCN1C(=O)[C@H](CC(=O)O)NC(=O)[C@@H](N)CO)C(=O)N[C@@H](CCCN=C(N)N)C(=O)N[C@@H](Cc1ccccc1)C(N)=O. The smallest absolute Gasteiger partial charge is 0.305 e. The van der Waals surface area contributed by atoms with Crippen LogP contribution in [0.5, 0.6) is 0 Å².